The number of Topliss-reactive ketones (excluding diaryl/α,β-unsaturated/α-hetero) is 1. The fraction of sp³-hybridized carbons (Fsp3) is 0.200. The Balaban J connectivity index is 2.15. The summed E-state index contributed by atoms with van der Waals surface area (Å²) in [6.45, 7) is 0. The van der Waals surface area contributed by atoms with E-state index >= 15 is 0 Å². The predicted octanol–water partition coefficient (Wildman–Crippen LogP) is 3.67. The highest BCUT2D eigenvalue weighted by molar-refractivity contribution is 6.09. The SMILES string of the molecule is COc1ccc(-c2cn3ccccc3c2C(=O)CCC(=O)O)cc1OC. The van der Waals surface area contributed by atoms with Crippen LogP contribution in [0.1, 0.15) is 23.2 Å². The minimum Gasteiger partial charge on any atom is -0.493 e. The molecule has 1 aromatic carbocycles. The van der Waals surface area contributed by atoms with Crippen LogP contribution in [0.5, 0.6) is 11.5 Å². The molecule has 0 saturated carbocycles. The molecule has 6 nitrogen and oxygen atoms in total. The molecule has 0 bridgehead atoms. The molecule has 2 aromatic heterocycles. The van der Waals surface area contributed by atoms with Gasteiger partial charge in [0.15, 0.2) is 17.3 Å². The zero-order chi connectivity index (χ0) is 18.7. The van der Waals surface area contributed by atoms with Crippen molar-refractivity contribution in [2.45, 2.75) is 12.8 Å². The summed E-state index contributed by atoms with van der Waals surface area (Å²) in [4.78, 5) is 23.6. The summed E-state index contributed by atoms with van der Waals surface area (Å²) in [5.41, 5.74) is 2.78. The molecule has 0 spiro atoms. The maximum atomic E-state index is 12.8. The number of aromatic nitrogens is 1. The number of aliphatic carboxylic acids is 1. The zero-order valence-electron chi connectivity index (χ0n) is 14.6. The van der Waals surface area contributed by atoms with Gasteiger partial charge in [-0.15, -0.1) is 0 Å². The molecule has 0 atom stereocenters. The van der Waals surface area contributed by atoms with Gasteiger partial charge in [-0.1, -0.05) is 12.1 Å². The van der Waals surface area contributed by atoms with Gasteiger partial charge < -0.3 is 19.0 Å². The van der Waals surface area contributed by atoms with E-state index in [0.29, 0.717) is 17.1 Å². The third kappa shape index (κ3) is 3.26. The van der Waals surface area contributed by atoms with Gasteiger partial charge in [-0.2, -0.15) is 0 Å². The van der Waals surface area contributed by atoms with Crippen molar-refractivity contribution in [2.24, 2.45) is 0 Å². The Hall–Kier alpha value is -3.28. The van der Waals surface area contributed by atoms with Gasteiger partial charge in [0, 0.05) is 24.4 Å². The normalized spacial score (nSPS) is 10.7. The lowest BCUT2D eigenvalue weighted by Gasteiger charge is -2.10. The third-order valence-electron chi connectivity index (χ3n) is 4.22. The Labute approximate surface area is 150 Å². The first-order chi connectivity index (χ1) is 12.5. The van der Waals surface area contributed by atoms with Gasteiger partial charge in [0.1, 0.15) is 0 Å². The number of carboxylic acid groups (broad SMARTS) is 1. The smallest absolute Gasteiger partial charge is 0.303 e. The zero-order valence-corrected chi connectivity index (χ0v) is 14.6. The minimum atomic E-state index is -0.991. The number of carbonyl (C=O) groups is 2. The summed E-state index contributed by atoms with van der Waals surface area (Å²) >= 11 is 0. The van der Waals surface area contributed by atoms with Crippen molar-refractivity contribution in [1.82, 2.24) is 4.40 Å². The second-order valence-electron chi connectivity index (χ2n) is 5.80. The molecule has 0 aliphatic heterocycles. The van der Waals surface area contributed by atoms with Crippen LogP contribution in [0, 0.1) is 0 Å². The van der Waals surface area contributed by atoms with E-state index in [1.165, 1.54) is 0 Å². The fourth-order valence-corrected chi connectivity index (χ4v) is 2.98. The molecule has 0 radical (unpaired) electrons. The molecule has 26 heavy (non-hydrogen) atoms. The number of carboxylic acids is 1. The van der Waals surface area contributed by atoms with Crippen molar-refractivity contribution < 1.29 is 24.2 Å². The number of rotatable bonds is 7. The van der Waals surface area contributed by atoms with Crippen LogP contribution >= 0.6 is 0 Å². The van der Waals surface area contributed by atoms with Crippen molar-refractivity contribution in [2.75, 3.05) is 14.2 Å². The Bertz CT molecular complexity index is 973. The number of methoxy groups -OCH3 is 2. The molecule has 1 N–H and O–H groups in total. The van der Waals surface area contributed by atoms with E-state index in [4.69, 9.17) is 14.6 Å². The Morgan fingerprint density at radius 1 is 1.04 bits per heavy atom. The number of hydrogen-bond acceptors (Lipinski definition) is 4. The maximum Gasteiger partial charge on any atom is 0.303 e. The average Bonchev–Trinajstić information content (AvgIpc) is 3.05. The molecule has 134 valence electrons. The molecule has 0 aliphatic carbocycles. The number of ether oxygens (including phenoxy) is 2. The number of ketones is 1. The third-order valence-corrected chi connectivity index (χ3v) is 4.22. The fourth-order valence-electron chi connectivity index (χ4n) is 2.98. The predicted molar refractivity (Wildman–Crippen MR) is 97.1 cm³/mol. The number of hydrogen-bond donors (Lipinski definition) is 1. The first kappa shape index (κ1) is 17.5. The van der Waals surface area contributed by atoms with Crippen LogP contribution < -0.4 is 9.47 Å². The summed E-state index contributed by atoms with van der Waals surface area (Å²) in [7, 11) is 3.11. The highest BCUT2D eigenvalue weighted by Crippen LogP contribution is 2.36. The van der Waals surface area contributed by atoms with E-state index in [9.17, 15) is 9.59 Å². The van der Waals surface area contributed by atoms with Gasteiger partial charge in [0.05, 0.1) is 31.7 Å². The number of pyridine rings is 1. The van der Waals surface area contributed by atoms with E-state index in [0.717, 1.165) is 16.6 Å². The van der Waals surface area contributed by atoms with E-state index in [1.807, 2.05) is 47.1 Å². The highest BCUT2D eigenvalue weighted by Gasteiger charge is 2.20. The standard InChI is InChI=1S/C20H19NO5/c1-25-17-8-6-13(11-18(17)26-2)14-12-21-10-4-3-5-15(21)20(14)16(22)7-9-19(23)24/h3-6,8,10-12H,7,9H2,1-2H3,(H,23,24). The van der Waals surface area contributed by atoms with Gasteiger partial charge >= 0.3 is 5.97 Å². The summed E-state index contributed by atoms with van der Waals surface area (Å²) in [6, 6.07) is 11.0. The minimum absolute atomic E-state index is 0.0514. The lowest BCUT2D eigenvalue weighted by molar-refractivity contribution is -0.136. The topological polar surface area (TPSA) is 77.2 Å². The van der Waals surface area contributed by atoms with Crippen molar-refractivity contribution in [1.29, 1.82) is 0 Å². The molecule has 3 aromatic rings. The number of benzene rings is 1. The summed E-state index contributed by atoms with van der Waals surface area (Å²) in [5, 5.41) is 8.90. The number of carbonyl (C=O) groups excluding carboxylic acids is 1. The van der Waals surface area contributed by atoms with Crippen LogP contribution in [-0.4, -0.2) is 35.5 Å². The quantitative estimate of drug-likeness (QED) is 0.656. The Kier molecular flexibility index (Phi) is 4.93. The van der Waals surface area contributed by atoms with Crippen LogP contribution in [0.25, 0.3) is 16.6 Å². The van der Waals surface area contributed by atoms with Crippen LogP contribution in [0.4, 0.5) is 0 Å². The van der Waals surface area contributed by atoms with Gasteiger partial charge in [-0.25, -0.2) is 0 Å². The van der Waals surface area contributed by atoms with Gasteiger partial charge in [0.25, 0.3) is 0 Å². The Morgan fingerprint density at radius 2 is 1.81 bits per heavy atom. The lowest BCUT2D eigenvalue weighted by Crippen LogP contribution is -2.04. The molecule has 0 fully saturated rings. The molecule has 0 aliphatic rings. The molecule has 3 rings (SSSR count). The van der Waals surface area contributed by atoms with Crippen LogP contribution in [-0.2, 0) is 4.79 Å². The van der Waals surface area contributed by atoms with Crippen LogP contribution in [0.15, 0.2) is 48.8 Å². The largest absolute Gasteiger partial charge is 0.493 e. The Morgan fingerprint density at radius 3 is 2.50 bits per heavy atom. The van der Waals surface area contributed by atoms with Gasteiger partial charge in [-0.3, -0.25) is 9.59 Å². The van der Waals surface area contributed by atoms with Crippen molar-refractivity contribution in [3.63, 3.8) is 0 Å². The molecular formula is C20H19NO5. The molecule has 0 unspecified atom stereocenters. The van der Waals surface area contributed by atoms with Gasteiger partial charge in [0.2, 0.25) is 0 Å². The first-order valence-electron chi connectivity index (χ1n) is 8.12. The van der Waals surface area contributed by atoms with Crippen molar-refractivity contribution in [3.05, 3.63) is 54.4 Å². The van der Waals surface area contributed by atoms with E-state index < -0.39 is 5.97 Å². The molecule has 6 heteroatoms. The molecule has 0 amide bonds. The second-order valence-corrected chi connectivity index (χ2v) is 5.80. The molecular weight excluding hydrogens is 334 g/mol. The van der Waals surface area contributed by atoms with E-state index in [2.05, 4.69) is 0 Å². The summed E-state index contributed by atoms with van der Waals surface area (Å²) < 4.78 is 12.5. The second kappa shape index (κ2) is 7.31. The van der Waals surface area contributed by atoms with Crippen LogP contribution in [0.3, 0.4) is 0 Å². The first-order valence-corrected chi connectivity index (χ1v) is 8.12. The molecule has 0 saturated heterocycles. The maximum absolute atomic E-state index is 12.8. The highest BCUT2D eigenvalue weighted by atomic mass is 16.5. The number of nitrogens with zero attached hydrogens (tertiary/aromatic N) is 1. The van der Waals surface area contributed by atoms with E-state index in [-0.39, 0.29) is 18.6 Å². The average molecular weight is 353 g/mol. The number of fused-ring (bicyclic) bond motifs is 1. The summed E-state index contributed by atoms with van der Waals surface area (Å²) in [5.74, 6) is -0.0385. The van der Waals surface area contributed by atoms with Crippen molar-refractivity contribution >= 4 is 17.3 Å². The monoisotopic (exact) mass is 353 g/mol. The van der Waals surface area contributed by atoms with Crippen molar-refractivity contribution in [3.8, 4) is 22.6 Å². The lowest BCUT2D eigenvalue weighted by atomic mass is 9.98. The van der Waals surface area contributed by atoms with E-state index in [1.54, 1.807) is 20.3 Å². The molecule has 2 heterocycles. The van der Waals surface area contributed by atoms with Gasteiger partial charge in [-0.05, 0) is 29.8 Å². The summed E-state index contributed by atoms with van der Waals surface area (Å²) in [6.07, 6.45) is 3.47. The van der Waals surface area contributed by atoms with Crippen LogP contribution in [0.2, 0.25) is 0 Å².